The molecule has 2 heterocycles. The van der Waals surface area contributed by atoms with E-state index in [0.29, 0.717) is 44.8 Å². The lowest BCUT2D eigenvalue weighted by molar-refractivity contribution is -0.146. The number of sulfonamides is 1. The number of amides is 2. The van der Waals surface area contributed by atoms with Gasteiger partial charge < -0.3 is 4.74 Å². The Bertz CT molecular complexity index is 936. The van der Waals surface area contributed by atoms with Crippen molar-refractivity contribution in [1.29, 1.82) is 0 Å². The summed E-state index contributed by atoms with van der Waals surface area (Å²) in [7, 11) is -3.70. The van der Waals surface area contributed by atoms with Gasteiger partial charge in [-0.25, -0.2) is 13.3 Å². The summed E-state index contributed by atoms with van der Waals surface area (Å²) in [5, 5.41) is 0. The molecule has 7 nitrogen and oxygen atoms in total. The highest BCUT2D eigenvalue weighted by Gasteiger charge is 2.64. The predicted octanol–water partition coefficient (Wildman–Crippen LogP) is 2.02. The summed E-state index contributed by atoms with van der Waals surface area (Å²) in [5.74, 6) is -0.710. The Balaban J connectivity index is 1.72. The summed E-state index contributed by atoms with van der Waals surface area (Å²) in [6.45, 7) is 7.19. The van der Waals surface area contributed by atoms with Crippen LogP contribution in [0.4, 0.5) is 5.69 Å². The largest absolute Gasteiger partial charge is 0.379 e. The van der Waals surface area contributed by atoms with Crippen LogP contribution >= 0.6 is 0 Å². The molecule has 4 rings (SSSR count). The van der Waals surface area contributed by atoms with Crippen molar-refractivity contribution in [3.63, 3.8) is 0 Å². The lowest BCUT2D eigenvalue weighted by Crippen LogP contribution is -2.59. The Labute approximate surface area is 165 Å². The van der Waals surface area contributed by atoms with Crippen LogP contribution in [0.25, 0.3) is 0 Å². The number of fused-ring (bicyclic) bond motifs is 2. The van der Waals surface area contributed by atoms with Gasteiger partial charge >= 0.3 is 0 Å². The summed E-state index contributed by atoms with van der Waals surface area (Å²) in [5.41, 5.74) is -0.710. The fourth-order valence-electron chi connectivity index (χ4n) is 4.78. The van der Waals surface area contributed by atoms with Crippen LogP contribution in [0.3, 0.4) is 0 Å². The van der Waals surface area contributed by atoms with Gasteiger partial charge in [0.25, 0.3) is 0 Å². The van der Waals surface area contributed by atoms with E-state index in [9.17, 15) is 18.0 Å². The molecule has 0 spiro atoms. The molecule has 2 saturated heterocycles. The molecule has 1 saturated carbocycles. The summed E-state index contributed by atoms with van der Waals surface area (Å²) in [4.78, 5) is 27.8. The molecular weight excluding hydrogens is 380 g/mol. The van der Waals surface area contributed by atoms with E-state index in [1.54, 1.807) is 12.1 Å². The zero-order valence-corrected chi connectivity index (χ0v) is 17.3. The molecule has 3 fully saturated rings. The summed E-state index contributed by atoms with van der Waals surface area (Å²) < 4.78 is 32.6. The van der Waals surface area contributed by atoms with Crippen LogP contribution in [0, 0.1) is 16.7 Å². The molecule has 0 aromatic heterocycles. The van der Waals surface area contributed by atoms with Gasteiger partial charge in [0.2, 0.25) is 21.8 Å². The molecule has 3 aliphatic rings. The molecule has 0 unspecified atom stereocenters. The normalized spacial score (nSPS) is 30.7. The van der Waals surface area contributed by atoms with Crippen molar-refractivity contribution in [2.75, 3.05) is 31.2 Å². The third kappa shape index (κ3) is 2.58. The molecule has 1 aromatic rings. The highest BCUT2D eigenvalue weighted by Crippen LogP contribution is 2.60. The van der Waals surface area contributed by atoms with Crippen molar-refractivity contribution >= 4 is 27.5 Å². The van der Waals surface area contributed by atoms with E-state index in [1.165, 1.54) is 21.3 Å². The van der Waals surface area contributed by atoms with Crippen LogP contribution in [0.15, 0.2) is 29.2 Å². The molecule has 0 N–H and O–H groups in total. The number of morpholine rings is 1. The Morgan fingerprint density at radius 2 is 1.79 bits per heavy atom. The number of nitrogens with zero attached hydrogens (tertiary/aromatic N) is 2. The second kappa shape index (κ2) is 6.37. The van der Waals surface area contributed by atoms with Gasteiger partial charge in [-0.2, -0.15) is 4.31 Å². The number of benzene rings is 1. The average molecular weight is 407 g/mol. The SMILES string of the molecule is CC1(C)[C@H]2CC[C@]1(C)C(=O)N(c1cccc(S(=O)(=O)N3CCOCC3)c1)C2=O. The van der Waals surface area contributed by atoms with Crippen LogP contribution in [-0.4, -0.2) is 50.8 Å². The standard InChI is InChI=1S/C20H26N2O5S/c1-19(2)16-7-8-20(19,3)18(24)22(17(16)23)14-5-4-6-15(13-14)28(25,26)21-9-11-27-12-10-21/h4-6,13,16H,7-12H2,1-3H3/t16-,20+/m0/s1. The Morgan fingerprint density at radius 3 is 2.46 bits per heavy atom. The molecule has 0 radical (unpaired) electrons. The fraction of sp³-hybridized carbons (Fsp3) is 0.600. The molecular formula is C20H26N2O5S. The average Bonchev–Trinajstić information content (AvgIpc) is 2.86. The van der Waals surface area contributed by atoms with Crippen molar-refractivity contribution in [2.24, 2.45) is 16.7 Å². The molecule has 2 atom stereocenters. The lowest BCUT2D eigenvalue weighted by Gasteiger charge is -2.47. The predicted molar refractivity (Wildman–Crippen MR) is 103 cm³/mol. The van der Waals surface area contributed by atoms with Crippen molar-refractivity contribution in [1.82, 2.24) is 4.31 Å². The van der Waals surface area contributed by atoms with Gasteiger partial charge in [-0.05, 0) is 36.5 Å². The number of imide groups is 1. The van der Waals surface area contributed by atoms with E-state index in [0.717, 1.165) is 0 Å². The number of hydrogen-bond donors (Lipinski definition) is 0. The molecule has 1 aliphatic carbocycles. The van der Waals surface area contributed by atoms with E-state index in [4.69, 9.17) is 4.74 Å². The smallest absolute Gasteiger partial charge is 0.243 e. The third-order valence-electron chi connectivity index (χ3n) is 7.10. The van der Waals surface area contributed by atoms with Crippen molar-refractivity contribution in [2.45, 2.75) is 38.5 Å². The zero-order valence-electron chi connectivity index (χ0n) is 16.5. The maximum absolute atomic E-state index is 13.3. The number of carbonyl (C=O) groups excluding carboxylic acids is 2. The summed E-state index contributed by atoms with van der Waals surface area (Å²) in [6.07, 6.45) is 1.34. The first kappa shape index (κ1) is 19.5. The first-order valence-electron chi connectivity index (χ1n) is 9.67. The Kier molecular flexibility index (Phi) is 4.44. The molecule has 28 heavy (non-hydrogen) atoms. The Hall–Kier alpha value is -1.77. The van der Waals surface area contributed by atoms with Crippen LogP contribution < -0.4 is 4.90 Å². The van der Waals surface area contributed by atoms with Crippen LogP contribution in [0.2, 0.25) is 0 Å². The summed E-state index contributed by atoms with van der Waals surface area (Å²) in [6, 6.07) is 6.18. The number of hydrogen-bond acceptors (Lipinski definition) is 5. The minimum atomic E-state index is -3.70. The minimum absolute atomic E-state index is 0.0924. The van der Waals surface area contributed by atoms with Gasteiger partial charge in [-0.3, -0.25) is 9.59 Å². The summed E-state index contributed by atoms with van der Waals surface area (Å²) >= 11 is 0. The highest BCUT2D eigenvalue weighted by molar-refractivity contribution is 7.89. The first-order valence-corrected chi connectivity index (χ1v) is 11.1. The molecule has 8 heteroatoms. The van der Waals surface area contributed by atoms with Crippen LogP contribution in [0.5, 0.6) is 0 Å². The van der Waals surface area contributed by atoms with Gasteiger partial charge in [0, 0.05) is 19.0 Å². The number of rotatable bonds is 3. The molecule has 2 amide bonds. The van der Waals surface area contributed by atoms with Crippen molar-refractivity contribution in [3.05, 3.63) is 24.3 Å². The third-order valence-corrected chi connectivity index (χ3v) is 9.00. The van der Waals surface area contributed by atoms with Crippen LogP contribution in [-0.2, 0) is 24.3 Å². The van der Waals surface area contributed by atoms with E-state index in [-0.39, 0.29) is 22.6 Å². The van der Waals surface area contributed by atoms with Crippen molar-refractivity contribution in [3.8, 4) is 0 Å². The van der Waals surface area contributed by atoms with Gasteiger partial charge in [-0.1, -0.05) is 26.8 Å². The first-order chi connectivity index (χ1) is 13.1. The zero-order chi connectivity index (χ0) is 20.3. The van der Waals surface area contributed by atoms with Crippen LogP contribution in [0.1, 0.15) is 33.6 Å². The fourth-order valence-corrected chi connectivity index (χ4v) is 6.23. The lowest BCUT2D eigenvalue weighted by atomic mass is 9.62. The number of carbonyl (C=O) groups is 2. The highest BCUT2D eigenvalue weighted by atomic mass is 32.2. The number of ether oxygens (including phenoxy) is 1. The van der Waals surface area contributed by atoms with Gasteiger partial charge in [0.15, 0.2) is 0 Å². The van der Waals surface area contributed by atoms with E-state index in [2.05, 4.69) is 0 Å². The number of anilines is 1. The molecule has 2 bridgehead atoms. The van der Waals surface area contributed by atoms with Gasteiger partial charge in [0.05, 0.1) is 29.2 Å². The topological polar surface area (TPSA) is 84.0 Å². The molecule has 2 aliphatic heterocycles. The molecule has 152 valence electrons. The maximum atomic E-state index is 13.3. The maximum Gasteiger partial charge on any atom is 0.243 e. The minimum Gasteiger partial charge on any atom is -0.379 e. The van der Waals surface area contributed by atoms with E-state index in [1.807, 2.05) is 20.8 Å². The second-order valence-electron chi connectivity index (χ2n) is 8.64. The van der Waals surface area contributed by atoms with Gasteiger partial charge in [-0.15, -0.1) is 0 Å². The quantitative estimate of drug-likeness (QED) is 0.717. The van der Waals surface area contributed by atoms with Crippen molar-refractivity contribution < 1.29 is 22.7 Å². The number of piperidine rings is 1. The second-order valence-corrected chi connectivity index (χ2v) is 10.6. The van der Waals surface area contributed by atoms with E-state index < -0.39 is 20.9 Å². The Morgan fingerprint density at radius 1 is 1.11 bits per heavy atom. The van der Waals surface area contributed by atoms with Gasteiger partial charge in [0.1, 0.15) is 0 Å². The monoisotopic (exact) mass is 406 g/mol. The van der Waals surface area contributed by atoms with E-state index >= 15 is 0 Å². The molecule has 1 aromatic carbocycles.